The minimum Gasteiger partial charge on any atom is -0.338 e. The Kier molecular flexibility index (Phi) is 3.27. The maximum atomic E-state index is 11.6. The van der Waals surface area contributed by atoms with Crippen molar-refractivity contribution in [2.75, 3.05) is 13.1 Å². The first-order chi connectivity index (χ1) is 6.06. The first kappa shape index (κ1) is 10.5. The van der Waals surface area contributed by atoms with Crippen molar-refractivity contribution >= 4 is 5.91 Å². The summed E-state index contributed by atoms with van der Waals surface area (Å²) in [5.41, 5.74) is 11.1. The molecule has 4 heteroatoms. The number of rotatable bonds is 2. The summed E-state index contributed by atoms with van der Waals surface area (Å²) in [5, 5.41) is 0. The third-order valence-electron chi connectivity index (χ3n) is 2.67. The third kappa shape index (κ3) is 2.19. The smallest absolute Gasteiger partial charge is 0.239 e. The molecule has 13 heavy (non-hydrogen) atoms. The average molecular weight is 185 g/mol. The van der Waals surface area contributed by atoms with Gasteiger partial charge in [-0.15, -0.1) is 0 Å². The molecular weight excluding hydrogens is 166 g/mol. The van der Waals surface area contributed by atoms with Crippen LogP contribution >= 0.6 is 0 Å². The summed E-state index contributed by atoms with van der Waals surface area (Å²) in [4.78, 5) is 13.4. The molecule has 0 spiro atoms. The second-order valence-corrected chi connectivity index (χ2v) is 3.97. The van der Waals surface area contributed by atoms with Gasteiger partial charge < -0.3 is 16.4 Å². The van der Waals surface area contributed by atoms with E-state index in [-0.39, 0.29) is 11.9 Å². The minimum absolute atomic E-state index is 0.0449. The zero-order chi connectivity index (χ0) is 10.0. The van der Waals surface area contributed by atoms with Crippen molar-refractivity contribution in [1.82, 2.24) is 4.90 Å². The largest absolute Gasteiger partial charge is 0.338 e. The molecule has 0 aromatic rings. The van der Waals surface area contributed by atoms with Gasteiger partial charge in [0.1, 0.15) is 0 Å². The van der Waals surface area contributed by atoms with Crippen molar-refractivity contribution < 1.29 is 4.79 Å². The van der Waals surface area contributed by atoms with Crippen LogP contribution in [0.5, 0.6) is 0 Å². The highest BCUT2D eigenvalue weighted by molar-refractivity contribution is 5.81. The van der Waals surface area contributed by atoms with Crippen LogP contribution in [0.1, 0.15) is 20.3 Å². The Morgan fingerprint density at radius 2 is 2.31 bits per heavy atom. The van der Waals surface area contributed by atoms with Gasteiger partial charge in [-0.25, -0.2) is 0 Å². The lowest BCUT2D eigenvalue weighted by Gasteiger charge is -2.23. The van der Waals surface area contributed by atoms with E-state index in [2.05, 4.69) is 6.92 Å². The molecule has 1 amide bonds. The van der Waals surface area contributed by atoms with Crippen LogP contribution in [-0.2, 0) is 4.79 Å². The highest BCUT2D eigenvalue weighted by atomic mass is 16.2. The predicted octanol–water partition coefficient (Wildman–Crippen LogP) is -0.471. The predicted molar refractivity (Wildman–Crippen MR) is 52.0 cm³/mol. The molecule has 0 saturated carbocycles. The first-order valence-electron chi connectivity index (χ1n) is 4.82. The number of carbonyl (C=O) groups is 1. The molecule has 1 fully saturated rings. The zero-order valence-electron chi connectivity index (χ0n) is 8.36. The van der Waals surface area contributed by atoms with Crippen molar-refractivity contribution in [2.24, 2.45) is 17.4 Å². The molecule has 3 unspecified atom stereocenters. The SMILES string of the molecule is CC(N)C(=O)N1CC(CN)CC1C. The number of amides is 1. The van der Waals surface area contributed by atoms with E-state index < -0.39 is 0 Å². The van der Waals surface area contributed by atoms with Crippen LogP contribution in [0.2, 0.25) is 0 Å². The van der Waals surface area contributed by atoms with Crippen LogP contribution in [0.4, 0.5) is 0 Å². The van der Waals surface area contributed by atoms with E-state index in [1.807, 2.05) is 4.90 Å². The van der Waals surface area contributed by atoms with Crippen molar-refractivity contribution in [2.45, 2.75) is 32.4 Å². The van der Waals surface area contributed by atoms with Crippen LogP contribution in [0, 0.1) is 5.92 Å². The fourth-order valence-corrected chi connectivity index (χ4v) is 1.88. The Bertz CT molecular complexity index is 193. The van der Waals surface area contributed by atoms with E-state index in [1.165, 1.54) is 0 Å². The summed E-state index contributed by atoms with van der Waals surface area (Å²) < 4.78 is 0. The molecule has 4 nitrogen and oxygen atoms in total. The van der Waals surface area contributed by atoms with Gasteiger partial charge in [0, 0.05) is 12.6 Å². The number of carbonyl (C=O) groups excluding carboxylic acids is 1. The summed E-state index contributed by atoms with van der Waals surface area (Å²) in [6.07, 6.45) is 1.01. The second-order valence-electron chi connectivity index (χ2n) is 3.97. The van der Waals surface area contributed by atoms with Crippen LogP contribution in [0.3, 0.4) is 0 Å². The molecule has 1 saturated heterocycles. The van der Waals surface area contributed by atoms with Crippen LogP contribution < -0.4 is 11.5 Å². The van der Waals surface area contributed by atoms with Gasteiger partial charge in [-0.3, -0.25) is 4.79 Å². The van der Waals surface area contributed by atoms with Crippen molar-refractivity contribution in [1.29, 1.82) is 0 Å². The third-order valence-corrected chi connectivity index (χ3v) is 2.67. The van der Waals surface area contributed by atoms with Gasteiger partial charge in [0.15, 0.2) is 0 Å². The number of hydrogen-bond donors (Lipinski definition) is 2. The van der Waals surface area contributed by atoms with Gasteiger partial charge in [-0.2, -0.15) is 0 Å². The Morgan fingerprint density at radius 1 is 1.69 bits per heavy atom. The van der Waals surface area contributed by atoms with E-state index in [4.69, 9.17) is 11.5 Å². The maximum Gasteiger partial charge on any atom is 0.239 e. The lowest BCUT2D eigenvalue weighted by molar-refractivity contribution is -0.132. The molecule has 4 N–H and O–H groups in total. The van der Waals surface area contributed by atoms with Gasteiger partial charge >= 0.3 is 0 Å². The van der Waals surface area contributed by atoms with Gasteiger partial charge in [0.2, 0.25) is 5.91 Å². The van der Waals surface area contributed by atoms with Crippen LogP contribution in [-0.4, -0.2) is 36.0 Å². The lowest BCUT2D eigenvalue weighted by Crippen LogP contribution is -2.43. The summed E-state index contributed by atoms with van der Waals surface area (Å²) >= 11 is 0. The van der Waals surface area contributed by atoms with Gasteiger partial charge in [-0.1, -0.05) is 0 Å². The van der Waals surface area contributed by atoms with Crippen LogP contribution in [0.25, 0.3) is 0 Å². The monoisotopic (exact) mass is 185 g/mol. The molecule has 1 aliphatic heterocycles. The fraction of sp³-hybridized carbons (Fsp3) is 0.889. The van der Waals surface area contributed by atoms with Crippen molar-refractivity contribution in [3.8, 4) is 0 Å². The molecule has 76 valence electrons. The normalized spacial score (nSPS) is 30.6. The minimum atomic E-state index is -0.390. The summed E-state index contributed by atoms with van der Waals surface area (Å²) in [6.45, 7) is 5.21. The topological polar surface area (TPSA) is 72.4 Å². The highest BCUT2D eigenvalue weighted by Crippen LogP contribution is 2.22. The lowest BCUT2D eigenvalue weighted by atomic mass is 10.1. The van der Waals surface area contributed by atoms with E-state index in [9.17, 15) is 4.79 Å². The molecule has 0 aliphatic carbocycles. The summed E-state index contributed by atoms with van der Waals surface area (Å²) in [7, 11) is 0. The van der Waals surface area contributed by atoms with E-state index in [1.54, 1.807) is 6.92 Å². The molecule has 3 atom stereocenters. The molecule has 1 heterocycles. The molecule has 0 aromatic heterocycles. The number of nitrogens with zero attached hydrogens (tertiary/aromatic N) is 1. The Balaban J connectivity index is 2.57. The zero-order valence-corrected chi connectivity index (χ0v) is 8.36. The molecule has 0 aromatic carbocycles. The standard InChI is InChI=1S/C9H19N3O/c1-6-3-8(4-10)5-12(6)9(13)7(2)11/h6-8H,3-5,10-11H2,1-2H3. The second kappa shape index (κ2) is 4.07. The molecular formula is C9H19N3O. The average Bonchev–Trinajstić information content (AvgIpc) is 2.45. The van der Waals surface area contributed by atoms with E-state index in [0.29, 0.717) is 18.5 Å². The first-order valence-corrected chi connectivity index (χ1v) is 4.82. The van der Waals surface area contributed by atoms with E-state index in [0.717, 1.165) is 13.0 Å². The summed E-state index contributed by atoms with van der Waals surface area (Å²) in [6, 6.07) is -0.0916. The van der Waals surface area contributed by atoms with Crippen molar-refractivity contribution in [3.63, 3.8) is 0 Å². The Labute approximate surface area is 79.3 Å². The molecule has 1 aliphatic rings. The molecule has 0 bridgehead atoms. The highest BCUT2D eigenvalue weighted by Gasteiger charge is 2.32. The molecule has 0 radical (unpaired) electrons. The quantitative estimate of drug-likeness (QED) is 0.611. The Morgan fingerprint density at radius 3 is 2.69 bits per heavy atom. The van der Waals surface area contributed by atoms with Crippen molar-refractivity contribution in [3.05, 3.63) is 0 Å². The maximum absolute atomic E-state index is 11.6. The number of hydrogen-bond acceptors (Lipinski definition) is 3. The molecule has 1 rings (SSSR count). The summed E-state index contributed by atoms with van der Waals surface area (Å²) in [5.74, 6) is 0.501. The number of nitrogens with two attached hydrogens (primary N) is 2. The van der Waals surface area contributed by atoms with Gasteiger partial charge in [0.25, 0.3) is 0 Å². The Hall–Kier alpha value is -0.610. The van der Waals surface area contributed by atoms with E-state index >= 15 is 0 Å². The van der Waals surface area contributed by atoms with Crippen LogP contribution in [0.15, 0.2) is 0 Å². The van der Waals surface area contributed by atoms with Gasteiger partial charge in [0.05, 0.1) is 6.04 Å². The number of likely N-dealkylation sites (tertiary alicyclic amines) is 1. The van der Waals surface area contributed by atoms with Gasteiger partial charge in [-0.05, 0) is 32.7 Å². The fourth-order valence-electron chi connectivity index (χ4n) is 1.88.